The predicted octanol–water partition coefficient (Wildman–Crippen LogP) is 8.55. The van der Waals surface area contributed by atoms with Gasteiger partial charge in [-0.15, -0.1) is 0 Å². The van der Waals surface area contributed by atoms with E-state index in [-0.39, 0.29) is 0 Å². The van der Waals surface area contributed by atoms with E-state index in [1.165, 1.54) is 51.8 Å². The zero-order valence-electron chi connectivity index (χ0n) is 19.9. The Hall–Kier alpha value is -0.801. The molecule has 1 atom stereocenters. The van der Waals surface area contributed by atoms with Gasteiger partial charge in [-0.3, -0.25) is 0 Å². The molecular formula is C28H44OSn. The van der Waals surface area contributed by atoms with Crippen molar-refractivity contribution in [1.82, 2.24) is 0 Å². The van der Waals surface area contributed by atoms with Gasteiger partial charge in [-0.1, -0.05) is 0 Å². The van der Waals surface area contributed by atoms with Crippen molar-refractivity contribution in [2.24, 2.45) is 0 Å². The molecule has 0 radical (unpaired) electrons. The molecule has 0 amide bonds. The SMILES string of the molecule is CCC[CH2][Sn]([CH2]CCC)([CH2]CCC)[C@H](C)CC(O)(c1ccccc1)c1ccccc1. The van der Waals surface area contributed by atoms with E-state index < -0.39 is 24.0 Å². The summed E-state index contributed by atoms with van der Waals surface area (Å²) in [5.74, 6) is 0. The molecule has 0 spiro atoms. The molecule has 0 aromatic heterocycles. The van der Waals surface area contributed by atoms with Gasteiger partial charge in [0, 0.05) is 0 Å². The van der Waals surface area contributed by atoms with E-state index in [1.54, 1.807) is 0 Å². The van der Waals surface area contributed by atoms with E-state index in [9.17, 15) is 5.11 Å². The Morgan fingerprint density at radius 2 is 1.07 bits per heavy atom. The summed E-state index contributed by atoms with van der Waals surface area (Å²) in [4.78, 5) is 0. The van der Waals surface area contributed by atoms with E-state index in [0.717, 1.165) is 17.5 Å². The first-order valence-corrected chi connectivity index (χ1v) is 20.1. The molecule has 1 nitrogen and oxygen atoms in total. The molecule has 0 unspecified atom stereocenters. The van der Waals surface area contributed by atoms with Crippen LogP contribution < -0.4 is 0 Å². The molecule has 30 heavy (non-hydrogen) atoms. The third-order valence-corrected chi connectivity index (χ3v) is 25.3. The number of aliphatic hydroxyl groups is 1. The minimum absolute atomic E-state index is 0.661. The summed E-state index contributed by atoms with van der Waals surface area (Å²) in [6.07, 6.45) is 8.89. The average molecular weight is 515 g/mol. The first-order chi connectivity index (χ1) is 14.5. The van der Waals surface area contributed by atoms with Gasteiger partial charge in [-0.05, 0) is 0 Å². The van der Waals surface area contributed by atoms with E-state index in [1.807, 2.05) is 12.1 Å². The number of hydrogen-bond acceptors (Lipinski definition) is 1. The molecule has 0 bridgehead atoms. The first-order valence-electron chi connectivity index (χ1n) is 12.4. The van der Waals surface area contributed by atoms with Crippen LogP contribution >= 0.6 is 0 Å². The number of benzene rings is 2. The molecule has 2 rings (SSSR count). The normalized spacial score (nSPS) is 13.4. The second-order valence-electron chi connectivity index (χ2n) is 9.37. The van der Waals surface area contributed by atoms with Gasteiger partial charge < -0.3 is 0 Å². The van der Waals surface area contributed by atoms with Gasteiger partial charge in [0.15, 0.2) is 0 Å². The van der Waals surface area contributed by atoms with Crippen molar-refractivity contribution in [3.63, 3.8) is 0 Å². The second kappa shape index (κ2) is 12.9. The molecular weight excluding hydrogens is 471 g/mol. The maximum absolute atomic E-state index is 12.2. The first kappa shape index (κ1) is 25.5. The molecule has 0 aliphatic carbocycles. The van der Waals surface area contributed by atoms with Crippen LogP contribution in [0.3, 0.4) is 0 Å². The van der Waals surface area contributed by atoms with Gasteiger partial charge in [0.05, 0.1) is 0 Å². The van der Waals surface area contributed by atoms with Crippen LogP contribution in [-0.2, 0) is 5.60 Å². The van der Waals surface area contributed by atoms with Crippen molar-refractivity contribution in [2.75, 3.05) is 0 Å². The molecule has 0 aliphatic heterocycles. The van der Waals surface area contributed by atoms with Gasteiger partial charge >= 0.3 is 191 Å². The Balaban J connectivity index is 2.43. The van der Waals surface area contributed by atoms with Crippen molar-refractivity contribution in [3.8, 4) is 0 Å². The van der Waals surface area contributed by atoms with Crippen LogP contribution in [0.15, 0.2) is 60.7 Å². The summed E-state index contributed by atoms with van der Waals surface area (Å²) in [5.41, 5.74) is 1.20. The number of rotatable bonds is 14. The Morgan fingerprint density at radius 3 is 1.40 bits per heavy atom. The van der Waals surface area contributed by atoms with Crippen molar-refractivity contribution < 1.29 is 5.11 Å². The van der Waals surface area contributed by atoms with Crippen LogP contribution in [0.1, 0.15) is 83.8 Å². The molecule has 0 heterocycles. The van der Waals surface area contributed by atoms with Crippen LogP contribution in [0.4, 0.5) is 0 Å². The van der Waals surface area contributed by atoms with Crippen molar-refractivity contribution in [1.29, 1.82) is 0 Å². The average Bonchev–Trinajstić information content (AvgIpc) is 2.80. The fraction of sp³-hybridized carbons (Fsp3) is 0.571. The summed E-state index contributed by atoms with van der Waals surface area (Å²) in [6, 6.07) is 20.8. The number of unbranched alkanes of at least 4 members (excludes halogenated alkanes) is 3. The van der Waals surface area contributed by atoms with Gasteiger partial charge in [-0.25, -0.2) is 0 Å². The third kappa shape index (κ3) is 6.60. The van der Waals surface area contributed by atoms with Gasteiger partial charge in [0.25, 0.3) is 0 Å². The van der Waals surface area contributed by atoms with Crippen LogP contribution in [0, 0.1) is 0 Å². The van der Waals surface area contributed by atoms with E-state index in [0.29, 0.717) is 3.93 Å². The van der Waals surface area contributed by atoms with E-state index in [4.69, 9.17) is 0 Å². The fourth-order valence-corrected chi connectivity index (χ4v) is 22.7. The predicted molar refractivity (Wildman–Crippen MR) is 135 cm³/mol. The Morgan fingerprint density at radius 1 is 0.700 bits per heavy atom. The summed E-state index contributed by atoms with van der Waals surface area (Å²) in [6.45, 7) is 9.52. The standard InChI is InChI=1S/C16H17O.3C4H9.Sn/c1-2-13-16(17,14-9-5-3-6-10-14)15-11-7-4-8-12-15;3*1-3-4-2;/h2-12,17H,13H2,1H3;3*1,3-4H2,2H3;. The second-order valence-corrected chi connectivity index (χ2v) is 24.2. The topological polar surface area (TPSA) is 20.2 Å². The summed E-state index contributed by atoms with van der Waals surface area (Å²) in [7, 11) is 0. The zero-order valence-corrected chi connectivity index (χ0v) is 22.7. The zero-order chi connectivity index (χ0) is 21.9. The van der Waals surface area contributed by atoms with E-state index >= 15 is 0 Å². The molecule has 0 aliphatic rings. The molecule has 166 valence electrons. The quantitative estimate of drug-likeness (QED) is 0.250. The van der Waals surface area contributed by atoms with E-state index in [2.05, 4.69) is 76.2 Å². The molecule has 0 fully saturated rings. The minimum atomic E-state index is -2.43. The molecule has 0 saturated heterocycles. The van der Waals surface area contributed by atoms with Crippen LogP contribution in [0.25, 0.3) is 0 Å². The summed E-state index contributed by atoms with van der Waals surface area (Å²) < 4.78 is 5.14. The molecule has 1 N–H and O–H groups in total. The van der Waals surface area contributed by atoms with Gasteiger partial charge in [0.2, 0.25) is 0 Å². The fourth-order valence-electron chi connectivity index (χ4n) is 5.19. The van der Waals surface area contributed by atoms with Crippen LogP contribution in [0.2, 0.25) is 17.2 Å². The van der Waals surface area contributed by atoms with Gasteiger partial charge in [-0.2, -0.15) is 0 Å². The molecule has 0 saturated carbocycles. The maximum atomic E-state index is 12.2. The summed E-state index contributed by atoms with van der Waals surface area (Å²) in [5, 5.41) is 12.2. The van der Waals surface area contributed by atoms with Gasteiger partial charge in [0.1, 0.15) is 0 Å². The summed E-state index contributed by atoms with van der Waals surface area (Å²) >= 11 is -2.43. The molecule has 2 heteroatoms. The Bertz CT molecular complexity index is 636. The van der Waals surface area contributed by atoms with Crippen LogP contribution in [0.5, 0.6) is 0 Å². The molecule has 2 aromatic carbocycles. The molecule has 2 aromatic rings. The van der Waals surface area contributed by atoms with Crippen molar-refractivity contribution in [2.45, 2.75) is 95.5 Å². The monoisotopic (exact) mass is 516 g/mol. The Kier molecular flexibility index (Phi) is 11.0. The third-order valence-electron chi connectivity index (χ3n) is 7.23. The Labute approximate surface area is 190 Å². The van der Waals surface area contributed by atoms with Crippen LogP contribution in [-0.4, -0.2) is 23.5 Å². The van der Waals surface area contributed by atoms with Crippen molar-refractivity contribution >= 4 is 18.4 Å². The van der Waals surface area contributed by atoms with Crippen molar-refractivity contribution in [3.05, 3.63) is 71.8 Å². The number of hydrogen-bond donors (Lipinski definition) is 1.